The number of carbonyl (C=O) groups excluding carboxylic acids is 1. The summed E-state index contributed by atoms with van der Waals surface area (Å²) in [5, 5.41) is 4.65. The lowest BCUT2D eigenvalue weighted by atomic mass is 9.84. The van der Waals surface area contributed by atoms with Crippen LogP contribution in [0.5, 0.6) is 0 Å². The summed E-state index contributed by atoms with van der Waals surface area (Å²) in [6, 6.07) is 2.43. The first-order valence-electron chi connectivity index (χ1n) is 10.3. The Balaban J connectivity index is 1.72. The molecule has 11 heteroatoms. The number of halogens is 1. The SMILES string of the molecule is CS(=O)(=O)c1csc2c(=O)n(C(CC3CCCCC3)C(=O)Nc3ccc(Cl)cn3)cnc12. The molecule has 1 aliphatic carbocycles. The molecule has 0 radical (unpaired) electrons. The molecular formula is C21H23ClN4O4S2. The molecular weight excluding hydrogens is 472 g/mol. The number of nitrogens with zero attached hydrogens (tertiary/aromatic N) is 3. The highest BCUT2D eigenvalue weighted by atomic mass is 35.5. The summed E-state index contributed by atoms with van der Waals surface area (Å²) in [6.45, 7) is 0. The second-order valence-corrected chi connectivity index (χ2v) is 11.4. The number of rotatable bonds is 6. The van der Waals surface area contributed by atoms with E-state index in [1.165, 1.54) is 28.9 Å². The molecule has 1 aliphatic rings. The number of carbonyl (C=O) groups is 1. The van der Waals surface area contributed by atoms with Gasteiger partial charge >= 0.3 is 0 Å². The number of hydrogen-bond donors (Lipinski definition) is 1. The van der Waals surface area contributed by atoms with Crippen molar-refractivity contribution in [3.05, 3.63) is 45.4 Å². The van der Waals surface area contributed by atoms with Gasteiger partial charge in [0.1, 0.15) is 27.0 Å². The standard InChI is InChI=1S/C21H23ClN4O4S2/c1-32(29,30)16-11-31-19-18(16)24-12-26(21(19)28)15(9-13-5-3-2-4-6-13)20(27)25-17-8-7-14(22)10-23-17/h7-8,10-13,15H,2-6,9H2,1H3,(H,23,25,27). The number of aromatic nitrogens is 3. The Morgan fingerprint density at radius 3 is 2.69 bits per heavy atom. The quantitative estimate of drug-likeness (QED) is 0.553. The fourth-order valence-corrected chi connectivity index (χ4v) is 6.47. The number of amides is 1. The van der Waals surface area contributed by atoms with E-state index in [9.17, 15) is 18.0 Å². The third-order valence-electron chi connectivity index (χ3n) is 5.77. The van der Waals surface area contributed by atoms with Crippen LogP contribution >= 0.6 is 22.9 Å². The first-order valence-corrected chi connectivity index (χ1v) is 13.5. The van der Waals surface area contributed by atoms with E-state index in [0.717, 1.165) is 43.3 Å². The molecule has 4 rings (SSSR count). The van der Waals surface area contributed by atoms with Crippen molar-refractivity contribution in [3.63, 3.8) is 0 Å². The van der Waals surface area contributed by atoms with Gasteiger partial charge in [-0.25, -0.2) is 18.4 Å². The van der Waals surface area contributed by atoms with Crippen LogP contribution in [0.2, 0.25) is 5.02 Å². The molecule has 32 heavy (non-hydrogen) atoms. The molecule has 0 aromatic carbocycles. The molecule has 170 valence electrons. The number of anilines is 1. The van der Waals surface area contributed by atoms with Gasteiger partial charge < -0.3 is 5.32 Å². The molecule has 0 bridgehead atoms. The summed E-state index contributed by atoms with van der Waals surface area (Å²) in [6.07, 6.45) is 9.70. The van der Waals surface area contributed by atoms with Gasteiger partial charge in [0, 0.05) is 17.8 Å². The van der Waals surface area contributed by atoms with Gasteiger partial charge in [0.25, 0.3) is 5.56 Å². The smallest absolute Gasteiger partial charge is 0.272 e. The number of hydrogen-bond acceptors (Lipinski definition) is 7. The number of sulfone groups is 1. The molecule has 1 amide bonds. The van der Waals surface area contributed by atoms with E-state index in [4.69, 9.17) is 11.6 Å². The van der Waals surface area contributed by atoms with Crippen LogP contribution in [-0.4, -0.2) is 35.1 Å². The third-order valence-corrected chi connectivity index (χ3v) is 8.21. The fraction of sp³-hybridized carbons (Fsp3) is 0.429. The van der Waals surface area contributed by atoms with Crippen LogP contribution in [0.3, 0.4) is 0 Å². The number of fused-ring (bicyclic) bond motifs is 1. The van der Waals surface area contributed by atoms with Gasteiger partial charge in [-0.2, -0.15) is 0 Å². The van der Waals surface area contributed by atoms with Crippen LogP contribution in [0.4, 0.5) is 5.82 Å². The van der Waals surface area contributed by atoms with Crippen LogP contribution < -0.4 is 10.9 Å². The zero-order valence-corrected chi connectivity index (χ0v) is 19.8. The second kappa shape index (κ2) is 9.29. The highest BCUT2D eigenvalue weighted by molar-refractivity contribution is 7.91. The van der Waals surface area contributed by atoms with Crippen molar-refractivity contribution in [3.8, 4) is 0 Å². The summed E-state index contributed by atoms with van der Waals surface area (Å²) < 4.78 is 25.6. The molecule has 1 unspecified atom stereocenters. The minimum absolute atomic E-state index is 0.0281. The number of pyridine rings is 1. The maximum Gasteiger partial charge on any atom is 0.272 e. The van der Waals surface area contributed by atoms with E-state index in [-0.39, 0.29) is 21.0 Å². The Morgan fingerprint density at radius 2 is 2.03 bits per heavy atom. The zero-order valence-electron chi connectivity index (χ0n) is 17.5. The van der Waals surface area contributed by atoms with Gasteiger partial charge in [0.05, 0.1) is 11.3 Å². The molecule has 0 aliphatic heterocycles. The van der Waals surface area contributed by atoms with Crippen LogP contribution in [0, 0.1) is 5.92 Å². The van der Waals surface area contributed by atoms with E-state index in [1.807, 2.05) is 0 Å². The van der Waals surface area contributed by atoms with Gasteiger partial charge in [-0.1, -0.05) is 43.7 Å². The molecule has 3 aromatic heterocycles. The molecule has 3 aromatic rings. The summed E-state index contributed by atoms with van der Waals surface area (Å²) in [7, 11) is -3.52. The topological polar surface area (TPSA) is 111 Å². The highest BCUT2D eigenvalue weighted by Gasteiger charge is 2.29. The fourth-order valence-electron chi connectivity index (χ4n) is 4.13. The van der Waals surface area contributed by atoms with Crippen LogP contribution in [0.25, 0.3) is 10.2 Å². The van der Waals surface area contributed by atoms with E-state index in [1.54, 1.807) is 12.1 Å². The van der Waals surface area contributed by atoms with Crippen molar-refractivity contribution < 1.29 is 13.2 Å². The maximum absolute atomic E-state index is 13.3. The molecule has 8 nitrogen and oxygen atoms in total. The van der Waals surface area contributed by atoms with Crippen molar-refractivity contribution in [2.75, 3.05) is 11.6 Å². The zero-order chi connectivity index (χ0) is 22.9. The van der Waals surface area contributed by atoms with Crippen molar-refractivity contribution in [1.82, 2.24) is 14.5 Å². The molecule has 0 spiro atoms. The average Bonchev–Trinajstić information content (AvgIpc) is 3.21. The molecule has 1 atom stereocenters. The van der Waals surface area contributed by atoms with E-state index in [2.05, 4.69) is 15.3 Å². The van der Waals surface area contributed by atoms with Crippen LogP contribution in [0.15, 0.2) is 39.7 Å². The number of nitrogens with one attached hydrogen (secondary N) is 1. The summed E-state index contributed by atoms with van der Waals surface area (Å²) in [5.41, 5.74) is -0.273. The summed E-state index contributed by atoms with van der Waals surface area (Å²) in [4.78, 5) is 34.9. The summed E-state index contributed by atoms with van der Waals surface area (Å²) in [5.74, 6) is 0.286. The summed E-state index contributed by atoms with van der Waals surface area (Å²) >= 11 is 6.90. The third kappa shape index (κ3) is 4.87. The monoisotopic (exact) mass is 494 g/mol. The van der Waals surface area contributed by atoms with Crippen molar-refractivity contribution in [1.29, 1.82) is 0 Å². The van der Waals surface area contributed by atoms with Gasteiger partial charge in [-0.05, 0) is 24.5 Å². The first-order chi connectivity index (χ1) is 15.2. The Kier molecular flexibility index (Phi) is 6.64. The normalized spacial score (nSPS) is 16.2. The Hall–Kier alpha value is -2.30. The molecule has 0 saturated heterocycles. The van der Waals surface area contributed by atoms with Gasteiger partial charge in [0.2, 0.25) is 5.91 Å². The van der Waals surface area contributed by atoms with E-state index < -0.39 is 21.4 Å². The lowest BCUT2D eigenvalue weighted by Gasteiger charge is -2.27. The second-order valence-electron chi connectivity index (χ2n) is 8.11. The number of thiophene rings is 1. The Bertz CT molecular complexity index is 1300. The molecule has 3 heterocycles. The van der Waals surface area contributed by atoms with Gasteiger partial charge in [-0.3, -0.25) is 14.2 Å². The van der Waals surface area contributed by atoms with E-state index >= 15 is 0 Å². The minimum Gasteiger partial charge on any atom is -0.309 e. The van der Waals surface area contributed by atoms with Crippen LogP contribution in [0.1, 0.15) is 44.6 Å². The van der Waals surface area contributed by atoms with Gasteiger partial charge in [0.15, 0.2) is 9.84 Å². The average molecular weight is 495 g/mol. The lowest BCUT2D eigenvalue weighted by molar-refractivity contribution is -0.120. The predicted octanol–water partition coefficient (Wildman–Crippen LogP) is 4.06. The van der Waals surface area contributed by atoms with Crippen LogP contribution in [-0.2, 0) is 14.6 Å². The molecule has 1 fully saturated rings. The Morgan fingerprint density at radius 1 is 1.28 bits per heavy atom. The van der Waals surface area contributed by atoms with Crippen molar-refractivity contribution in [2.24, 2.45) is 5.92 Å². The molecule has 1 N–H and O–H groups in total. The van der Waals surface area contributed by atoms with Gasteiger partial charge in [-0.15, -0.1) is 11.3 Å². The Labute approximate surface area is 194 Å². The highest BCUT2D eigenvalue weighted by Crippen LogP contribution is 2.32. The first kappa shape index (κ1) is 22.9. The largest absolute Gasteiger partial charge is 0.309 e. The van der Waals surface area contributed by atoms with Crippen molar-refractivity contribution >= 4 is 54.7 Å². The maximum atomic E-state index is 13.3. The molecule has 1 saturated carbocycles. The van der Waals surface area contributed by atoms with Crippen molar-refractivity contribution in [2.45, 2.75) is 49.5 Å². The predicted molar refractivity (Wildman–Crippen MR) is 125 cm³/mol. The van der Waals surface area contributed by atoms with E-state index in [0.29, 0.717) is 23.2 Å². The lowest BCUT2D eigenvalue weighted by Crippen LogP contribution is -2.35. The minimum atomic E-state index is -3.52.